The van der Waals surface area contributed by atoms with Crippen molar-refractivity contribution < 1.29 is 0 Å². The van der Waals surface area contributed by atoms with Gasteiger partial charge in [0.25, 0.3) is 0 Å². The highest BCUT2D eigenvalue weighted by atomic mass is 32.2. The molecule has 14 heavy (non-hydrogen) atoms. The molecule has 1 aromatic heterocycles. The van der Waals surface area contributed by atoms with Crippen LogP contribution in [0.15, 0.2) is 29.4 Å². The molecule has 1 atom stereocenters. The SMILES string of the molecule is C[C@@H](C#N)Sc1nc2ccccc2[nH]1. The maximum Gasteiger partial charge on any atom is 0.167 e. The van der Waals surface area contributed by atoms with Crippen molar-refractivity contribution in [1.82, 2.24) is 9.97 Å². The van der Waals surface area contributed by atoms with Gasteiger partial charge < -0.3 is 4.98 Å². The molecule has 0 aliphatic carbocycles. The lowest BCUT2D eigenvalue weighted by molar-refractivity contribution is 1.07. The molecule has 0 amide bonds. The molecule has 0 radical (unpaired) electrons. The highest BCUT2D eigenvalue weighted by molar-refractivity contribution is 8.00. The van der Waals surface area contributed by atoms with Crippen LogP contribution in [0.2, 0.25) is 0 Å². The molecule has 0 spiro atoms. The predicted molar refractivity (Wildman–Crippen MR) is 57.0 cm³/mol. The Morgan fingerprint density at radius 2 is 2.29 bits per heavy atom. The van der Waals surface area contributed by atoms with Gasteiger partial charge in [-0.25, -0.2) is 4.98 Å². The first-order valence-corrected chi connectivity index (χ1v) is 5.18. The zero-order valence-corrected chi connectivity index (χ0v) is 8.51. The minimum atomic E-state index is -0.0736. The molecule has 70 valence electrons. The van der Waals surface area contributed by atoms with Crippen LogP contribution in [0.5, 0.6) is 0 Å². The standard InChI is InChI=1S/C10H9N3S/c1-7(6-11)14-10-12-8-4-2-3-5-9(8)13-10/h2-5,7H,1H3,(H,12,13)/t7-/m0/s1. The zero-order chi connectivity index (χ0) is 9.97. The lowest BCUT2D eigenvalue weighted by Gasteiger charge is -1.95. The van der Waals surface area contributed by atoms with E-state index in [0.29, 0.717) is 0 Å². The third kappa shape index (κ3) is 1.73. The van der Waals surface area contributed by atoms with Crippen LogP contribution in [-0.2, 0) is 0 Å². The van der Waals surface area contributed by atoms with Crippen LogP contribution in [0, 0.1) is 11.3 Å². The van der Waals surface area contributed by atoms with Gasteiger partial charge in [0.05, 0.1) is 22.4 Å². The van der Waals surface area contributed by atoms with Gasteiger partial charge in [-0.05, 0) is 19.1 Å². The van der Waals surface area contributed by atoms with Gasteiger partial charge in [0, 0.05) is 0 Å². The number of thioether (sulfide) groups is 1. The van der Waals surface area contributed by atoms with Crippen molar-refractivity contribution in [2.45, 2.75) is 17.3 Å². The topological polar surface area (TPSA) is 52.5 Å². The summed E-state index contributed by atoms with van der Waals surface area (Å²) in [6, 6.07) is 10.00. The molecule has 0 aliphatic heterocycles. The Morgan fingerprint density at radius 1 is 1.50 bits per heavy atom. The number of imidazole rings is 1. The van der Waals surface area contributed by atoms with Crippen molar-refractivity contribution in [2.75, 3.05) is 0 Å². The smallest absolute Gasteiger partial charge is 0.167 e. The van der Waals surface area contributed by atoms with Crippen LogP contribution in [0.1, 0.15) is 6.92 Å². The van der Waals surface area contributed by atoms with Gasteiger partial charge in [-0.2, -0.15) is 5.26 Å². The molecule has 0 fully saturated rings. The van der Waals surface area contributed by atoms with Crippen molar-refractivity contribution in [3.05, 3.63) is 24.3 Å². The number of hydrogen-bond donors (Lipinski definition) is 1. The van der Waals surface area contributed by atoms with Crippen molar-refractivity contribution in [1.29, 1.82) is 5.26 Å². The minimum absolute atomic E-state index is 0.0736. The summed E-state index contributed by atoms with van der Waals surface area (Å²) >= 11 is 1.44. The number of para-hydroxylation sites is 2. The minimum Gasteiger partial charge on any atom is -0.333 e. The van der Waals surface area contributed by atoms with E-state index < -0.39 is 0 Å². The van der Waals surface area contributed by atoms with E-state index >= 15 is 0 Å². The number of aromatic amines is 1. The summed E-state index contributed by atoms with van der Waals surface area (Å²) in [5, 5.41) is 9.39. The molecular formula is C10H9N3S. The van der Waals surface area contributed by atoms with Crippen LogP contribution in [0.3, 0.4) is 0 Å². The van der Waals surface area contributed by atoms with Crippen LogP contribution in [0.4, 0.5) is 0 Å². The summed E-state index contributed by atoms with van der Waals surface area (Å²) in [7, 11) is 0. The second-order valence-electron chi connectivity index (χ2n) is 2.95. The third-order valence-corrected chi connectivity index (χ3v) is 2.71. The number of H-pyrrole nitrogens is 1. The van der Waals surface area contributed by atoms with Crippen molar-refractivity contribution in [3.8, 4) is 6.07 Å². The van der Waals surface area contributed by atoms with Crippen LogP contribution >= 0.6 is 11.8 Å². The molecule has 4 heteroatoms. The number of benzene rings is 1. The van der Waals surface area contributed by atoms with E-state index in [-0.39, 0.29) is 5.25 Å². The molecule has 0 aliphatic rings. The largest absolute Gasteiger partial charge is 0.333 e. The fraction of sp³-hybridized carbons (Fsp3) is 0.200. The number of nitrogens with zero attached hydrogens (tertiary/aromatic N) is 2. The number of nitrogens with one attached hydrogen (secondary N) is 1. The molecule has 0 saturated heterocycles. The van der Waals surface area contributed by atoms with E-state index in [2.05, 4.69) is 16.0 Å². The van der Waals surface area contributed by atoms with E-state index in [1.807, 2.05) is 31.2 Å². The Balaban J connectivity index is 2.32. The molecule has 2 aromatic rings. The second-order valence-corrected chi connectivity index (χ2v) is 4.28. The summed E-state index contributed by atoms with van der Waals surface area (Å²) in [6.45, 7) is 1.86. The molecule has 2 rings (SSSR count). The molecule has 0 bridgehead atoms. The molecule has 1 N–H and O–H groups in total. The highest BCUT2D eigenvalue weighted by Gasteiger charge is 2.06. The van der Waals surface area contributed by atoms with Crippen LogP contribution < -0.4 is 0 Å². The second kappa shape index (κ2) is 3.72. The number of aromatic nitrogens is 2. The number of nitriles is 1. The Labute approximate surface area is 86.2 Å². The van der Waals surface area contributed by atoms with E-state index in [0.717, 1.165) is 16.2 Å². The van der Waals surface area contributed by atoms with Gasteiger partial charge >= 0.3 is 0 Å². The first kappa shape index (κ1) is 9.10. The quantitative estimate of drug-likeness (QED) is 0.763. The summed E-state index contributed by atoms with van der Waals surface area (Å²) in [5.74, 6) is 0. The predicted octanol–water partition coefficient (Wildman–Crippen LogP) is 2.57. The van der Waals surface area contributed by atoms with Gasteiger partial charge in [0.1, 0.15) is 0 Å². The Bertz CT molecular complexity index is 450. The van der Waals surface area contributed by atoms with Crippen molar-refractivity contribution >= 4 is 22.8 Å². The lowest BCUT2D eigenvalue weighted by Crippen LogP contribution is -1.89. The average Bonchev–Trinajstić information content (AvgIpc) is 2.59. The zero-order valence-electron chi connectivity index (χ0n) is 7.69. The molecular weight excluding hydrogens is 194 g/mol. The highest BCUT2D eigenvalue weighted by Crippen LogP contribution is 2.22. The number of rotatable bonds is 2. The van der Waals surface area contributed by atoms with Gasteiger partial charge in [-0.3, -0.25) is 0 Å². The van der Waals surface area contributed by atoms with Crippen molar-refractivity contribution in [3.63, 3.8) is 0 Å². The summed E-state index contributed by atoms with van der Waals surface area (Å²) in [5.41, 5.74) is 1.96. The normalized spacial score (nSPS) is 12.6. The van der Waals surface area contributed by atoms with Crippen LogP contribution in [0.25, 0.3) is 11.0 Å². The lowest BCUT2D eigenvalue weighted by atomic mass is 10.3. The molecule has 1 aromatic carbocycles. The molecule has 0 unspecified atom stereocenters. The first-order chi connectivity index (χ1) is 6.79. The number of hydrogen-bond acceptors (Lipinski definition) is 3. The fourth-order valence-corrected chi connectivity index (χ4v) is 1.89. The number of fused-ring (bicyclic) bond motifs is 1. The summed E-state index contributed by atoms with van der Waals surface area (Å²) < 4.78 is 0. The third-order valence-electron chi connectivity index (χ3n) is 1.84. The maximum absolute atomic E-state index is 8.66. The van der Waals surface area contributed by atoms with Gasteiger partial charge in [0.2, 0.25) is 0 Å². The van der Waals surface area contributed by atoms with Gasteiger partial charge in [-0.15, -0.1) is 0 Å². The van der Waals surface area contributed by atoms with Gasteiger partial charge in [-0.1, -0.05) is 23.9 Å². The Hall–Kier alpha value is -1.47. The Kier molecular flexibility index (Phi) is 2.42. The van der Waals surface area contributed by atoms with Crippen molar-refractivity contribution in [2.24, 2.45) is 0 Å². The van der Waals surface area contributed by atoms with Gasteiger partial charge in [0.15, 0.2) is 5.16 Å². The van der Waals surface area contributed by atoms with E-state index in [9.17, 15) is 0 Å². The summed E-state index contributed by atoms with van der Waals surface area (Å²) in [6.07, 6.45) is 0. The molecule has 3 nitrogen and oxygen atoms in total. The molecule has 0 saturated carbocycles. The summed E-state index contributed by atoms with van der Waals surface area (Å²) in [4.78, 5) is 7.52. The van der Waals surface area contributed by atoms with E-state index in [1.54, 1.807) is 0 Å². The monoisotopic (exact) mass is 203 g/mol. The Morgan fingerprint density at radius 3 is 3.00 bits per heavy atom. The first-order valence-electron chi connectivity index (χ1n) is 4.30. The average molecular weight is 203 g/mol. The molecule has 1 heterocycles. The van der Waals surface area contributed by atoms with Crippen LogP contribution in [-0.4, -0.2) is 15.2 Å². The maximum atomic E-state index is 8.66. The van der Waals surface area contributed by atoms with E-state index in [4.69, 9.17) is 5.26 Å². The van der Waals surface area contributed by atoms with E-state index in [1.165, 1.54) is 11.8 Å². The fourth-order valence-electron chi connectivity index (χ4n) is 1.18.